The van der Waals surface area contributed by atoms with Gasteiger partial charge in [-0.15, -0.1) is 11.3 Å². The number of methoxy groups -OCH3 is 1. The van der Waals surface area contributed by atoms with Gasteiger partial charge >= 0.3 is 0 Å². The first-order chi connectivity index (χ1) is 6.24. The number of ketones is 1. The minimum atomic E-state index is 0.147. The van der Waals surface area contributed by atoms with Gasteiger partial charge in [0.2, 0.25) is 0 Å². The van der Waals surface area contributed by atoms with E-state index in [4.69, 9.17) is 16.3 Å². The number of Topliss-reactive ketones (excluding diaryl/α,β-unsaturated/α-hetero) is 1. The van der Waals surface area contributed by atoms with E-state index in [0.717, 1.165) is 11.3 Å². The maximum atomic E-state index is 11.4. The van der Waals surface area contributed by atoms with E-state index in [1.165, 1.54) is 11.3 Å². The van der Waals surface area contributed by atoms with Crippen LogP contribution in [0.25, 0.3) is 0 Å². The van der Waals surface area contributed by atoms with Crippen LogP contribution in [0.3, 0.4) is 0 Å². The fourth-order valence-electron chi connectivity index (χ4n) is 0.964. The fourth-order valence-corrected chi connectivity index (χ4v) is 1.97. The third kappa shape index (κ3) is 3.46. The first kappa shape index (κ1) is 10.7. The minimum Gasteiger partial charge on any atom is -0.385 e. The van der Waals surface area contributed by atoms with Gasteiger partial charge in [0.05, 0.1) is 9.21 Å². The number of halogens is 1. The molecule has 4 heteroatoms. The zero-order valence-electron chi connectivity index (χ0n) is 7.38. The van der Waals surface area contributed by atoms with E-state index in [1.54, 1.807) is 19.2 Å². The molecule has 0 atom stereocenters. The van der Waals surface area contributed by atoms with Crippen molar-refractivity contribution in [3.63, 3.8) is 0 Å². The van der Waals surface area contributed by atoms with Crippen LogP contribution in [0, 0.1) is 0 Å². The van der Waals surface area contributed by atoms with Crippen LogP contribution in [0.4, 0.5) is 0 Å². The maximum Gasteiger partial charge on any atom is 0.172 e. The second-order valence-electron chi connectivity index (χ2n) is 2.62. The van der Waals surface area contributed by atoms with Crippen molar-refractivity contribution in [3.05, 3.63) is 21.3 Å². The Bertz CT molecular complexity index is 283. The standard InChI is InChI=1S/C9H11ClO2S/c1-12-6-2-3-7(11)8-4-5-9(10)13-8/h4-5H,2-3,6H2,1H3. The van der Waals surface area contributed by atoms with Crippen molar-refractivity contribution in [2.75, 3.05) is 13.7 Å². The zero-order chi connectivity index (χ0) is 9.68. The van der Waals surface area contributed by atoms with Crippen molar-refractivity contribution < 1.29 is 9.53 Å². The van der Waals surface area contributed by atoms with Crippen molar-refractivity contribution in [1.29, 1.82) is 0 Å². The first-order valence-corrected chi connectivity index (χ1v) is 5.21. The number of carbonyl (C=O) groups is 1. The number of carbonyl (C=O) groups excluding carboxylic acids is 1. The van der Waals surface area contributed by atoms with Crippen molar-refractivity contribution in [2.24, 2.45) is 0 Å². The Morgan fingerprint density at radius 1 is 1.62 bits per heavy atom. The summed E-state index contributed by atoms with van der Waals surface area (Å²) in [6.07, 6.45) is 1.30. The van der Waals surface area contributed by atoms with Gasteiger partial charge < -0.3 is 4.74 Å². The Morgan fingerprint density at radius 3 is 2.92 bits per heavy atom. The lowest BCUT2D eigenvalue weighted by Gasteiger charge is -1.96. The SMILES string of the molecule is COCCCC(=O)c1ccc(Cl)s1. The van der Waals surface area contributed by atoms with E-state index in [-0.39, 0.29) is 5.78 Å². The summed E-state index contributed by atoms with van der Waals surface area (Å²) >= 11 is 7.04. The Morgan fingerprint density at radius 2 is 2.38 bits per heavy atom. The summed E-state index contributed by atoms with van der Waals surface area (Å²) in [5, 5.41) is 0. The second kappa shape index (κ2) is 5.37. The largest absolute Gasteiger partial charge is 0.385 e. The van der Waals surface area contributed by atoms with E-state index in [1.807, 2.05) is 0 Å². The van der Waals surface area contributed by atoms with E-state index in [0.29, 0.717) is 17.4 Å². The Labute approximate surface area is 86.5 Å². The number of hydrogen-bond acceptors (Lipinski definition) is 3. The maximum absolute atomic E-state index is 11.4. The number of rotatable bonds is 5. The van der Waals surface area contributed by atoms with Gasteiger partial charge in [-0.25, -0.2) is 0 Å². The van der Waals surface area contributed by atoms with Gasteiger partial charge in [0.25, 0.3) is 0 Å². The topological polar surface area (TPSA) is 26.3 Å². The molecule has 0 saturated heterocycles. The summed E-state index contributed by atoms with van der Waals surface area (Å²) in [5.74, 6) is 0.147. The highest BCUT2D eigenvalue weighted by molar-refractivity contribution is 7.18. The van der Waals surface area contributed by atoms with E-state index in [2.05, 4.69) is 0 Å². The van der Waals surface area contributed by atoms with E-state index >= 15 is 0 Å². The fraction of sp³-hybridized carbons (Fsp3) is 0.444. The summed E-state index contributed by atoms with van der Waals surface area (Å²) in [6, 6.07) is 3.51. The molecule has 0 aliphatic carbocycles. The molecule has 0 N–H and O–H groups in total. The smallest absolute Gasteiger partial charge is 0.172 e. The molecule has 0 radical (unpaired) electrons. The van der Waals surface area contributed by atoms with Crippen molar-refractivity contribution in [2.45, 2.75) is 12.8 Å². The lowest BCUT2D eigenvalue weighted by Crippen LogP contribution is -1.98. The molecule has 0 bridgehead atoms. The summed E-state index contributed by atoms with van der Waals surface area (Å²) in [5.41, 5.74) is 0. The predicted molar refractivity (Wildman–Crippen MR) is 54.8 cm³/mol. The molecule has 72 valence electrons. The predicted octanol–water partition coefficient (Wildman–Crippen LogP) is 3.01. The molecule has 2 nitrogen and oxygen atoms in total. The molecule has 1 rings (SSSR count). The number of ether oxygens (including phenoxy) is 1. The van der Waals surface area contributed by atoms with Crippen LogP contribution in [0.1, 0.15) is 22.5 Å². The van der Waals surface area contributed by atoms with Gasteiger partial charge in [-0.2, -0.15) is 0 Å². The second-order valence-corrected chi connectivity index (χ2v) is 4.34. The van der Waals surface area contributed by atoms with Crippen LogP contribution >= 0.6 is 22.9 Å². The molecule has 0 aliphatic rings. The van der Waals surface area contributed by atoms with Crippen LogP contribution in [0.2, 0.25) is 4.34 Å². The van der Waals surface area contributed by atoms with Crippen molar-refractivity contribution >= 4 is 28.7 Å². The van der Waals surface area contributed by atoms with Crippen molar-refractivity contribution in [3.8, 4) is 0 Å². The number of hydrogen-bond donors (Lipinski definition) is 0. The summed E-state index contributed by atoms with van der Waals surface area (Å²) in [4.78, 5) is 12.2. The monoisotopic (exact) mass is 218 g/mol. The Hall–Kier alpha value is -0.380. The third-order valence-electron chi connectivity index (χ3n) is 1.60. The lowest BCUT2D eigenvalue weighted by molar-refractivity contribution is 0.0967. The Kier molecular flexibility index (Phi) is 4.42. The molecule has 1 aromatic heterocycles. The normalized spacial score (nSPS) is 10.3. The van der Waals surface area contributed by atoms with Gasteiger partial charge in [-0.1, -0.05) is 11.6 Å². The number of thiophene rings is 1. The van der Waals surface area contributed by atoms with Gasteiger partial charge in [0.15, 0.2) is 5.78 Å². The molecule has 0 saturated carbocycles. The highest BCUT2D eigenvalue weighted by Crippen LogP contribution is 2.22. The van der Waals surface area contributed by atoms with Gasteiger partial charge in [0, 0.05) is 20.1 Å². The van der Waals surface area contributed by atoms with Gasteiger partial charge in [-0.3, -0.25) is 4.79 Å². The third-order valence-corrected chi connectivity index (χ3v) is 2.87. The molecule has 13 heavy (non-hydrogen) atoms. The van der Waals surface area contributed by atoms with E-state index in [9.17, 15) is 4.79 Å². The highest BCUT2D eigenvalue weighted by atomic mass is 35.5. The van der Waals surface area contributed by atoms with Crippen molar-refractivity contribution in [1.82, 2.24) is 0 Å². The van der Waals surface area contributed by atoms with Gasteiger partial charge in [-0.05, 0) is 18.6 Å². The van der Waals surface area contributed by atoms with Crippen LogP contribution in [0.15, 0.2) is 12.1 Å². The summed E-state index contributed by atoms with van der Waals surface area (Å²) in [7, 11) is 1.63. The van der Waals surface area contributed by atoms with E-state index < -0.39 is 0 Å². The molecular formula is C9H11ClO2S. The molecule has 0 aromatic carbocycles. The molecule has 0 unspecified atom stereocenters. The summed E-state index contributed by atoms with van der Waals surface area (Å²) in [6.45, 7) is 0.630. The molecular weight excluding hydrogens is 208 g/mol. The quantitative estimate of drug-likeness (QED) is 0.561. The molecule has 1 aromatic rings. The average molecular weight is 219 g/mol. The minimum absolute atomic E-state index is 0.147. The first-order valence-electron chi connectivity index (χ1n) is 4.01. The summed E-state index contributed by atoms with van der Waals surface area (Å²) < 4.78 is 5.52. The molecule has 0 aliphatic heterocycles. The molecule has 0 amide bonds. The Balaban J connectivity index is 2.40. The average Bonchev–Trinajstić information content (AvgIpc) is 2.52. The van der Waals surface area contributed by atoms with Crippen LogP contribution in [-0.4, -0.2) is 19.5 Å². The zero-order valence-corrected chi connectivity index (χ0v) is 8.95. The molecule has 0 fully saturated rings. The van der Waals surface area contributed by atoms with Crippen LogP contribution in [0.5, 0.6) is 0 Å². The highest BCUT2D eigenvalue weighted by Gasteiger charge is 2.07. The van der Waals surface area contributed by atoms with Gasteiger partial charge in [0.1, 0.15) is 0 Å². The lowest BCUT2D eigenvalue weighted by atomic mass is 10.2. The molecule has 1 heterocycles. The van der Waals surface area contributed by atoms with Crippen LogP contribution in [-0.2, 0) is 4.74 Å². The van der Waals surface area contributed by atoms with Crippen LogP contribution < -0.4 is 0 Å². The molecule has 0 spiro atoms.